The number of nitrogens with zero attached hydrogens (tertiary/aromatic N) is 3. The molecule has 0 atom stereocenters. The zero-order chi connectivity index (χ0) is 28.2. The van der Waals surface area contributed by atoms with Crippen LogP contribution in [0.15, 0.2) is 126 Å². The van der Waals surface area contributed by atoms with E-state index in [1.807, 2.05) is 78.9 Å². The van der Waals surface area contributed by atoms with Gasteiger partial charge in [-0.2, -0.15) is 0 Å². The Kier molecular flexibility index (Phi) is 5.40. The maximum atomic E-state index is 12.7. The number of carbonyl (C=O) groups excluding carboxylic acids is 1. The van der Waals surface area contributed by atoms with Gasteiger partial charge in [0.2, 0.25) is 5.95 Å². The number of benzene rings is 5. The first-order valence-electron chi connectivity index (χ1n) is 13.7. The molecule has 0 fully saturated rings. The molecule has 8 rings (SSSR count). The molecule has 200 valence electrons. The van der Waals surface area contributed by atoms with Crippen LogP contribution in [0, 0.1) is 0 Å². The number of hydrogen-bond donors (Lipinski definition) is 0. The Labute approximate surface area is 240 Å². The van der Waals surface area contributed by atoms with Gasteiger partial charge in [-0.15, -0.1) is 0 Å². The van der Waals surface area contributed by atoms with Gasteiger partial charge < -0.3 is 9.15 Å². The van der Waals surface area contributed by atoms with E-state index in [2.05, 4.69) is 41.0 Å². The highest BCUT2D eigenvalue weighted by Crippen LogP contribution is 2.40. The third-order valence-corrected chi connectivity index (χ3v) is 7.78. The molecule has 0 aliphatic heterocycles. The molecule has 0 unspecified atom stereocenters. The zero-order valence-electron chi connectivity index (χ0n) is 22.6. The summed E-state index contributed by atoms with van der Waals surface area (Å²) in [5.74, 6) is 0.152. The van der Waals surface area contributed by atoms with Gasteiger partial charge in [0, 0.05) is 27.3 Å². The van der Waals surface area contributed by atoms with Gasteiger partial charge in [0.1, 0.15) is 16.8 Å². The SMILES string of the molecule is COC(=O)c1ccccc1-c1cccc2c1oc1c(-c3ccccc3)nc(-n3c4ccccc4c4ccccc43)nc12. The molecular weight excluding hydrogens is 522 g/mol. The molecule has 8 aromatic rings. The van der Waals surface area contributed by atoms with Gasteiger partial charge in [0.25, 0.3) is 0 Å². The molecule has 3 aromatic heterocycles. The van der Waals surface area contributed by atoms with Crippen molar-refractivity contribution in [2.75, 3.05) is 7.11 Å². The van der Waals surface area contributed by atoms with Crippen LogP contribution < -0.4 is 0 Å². The summed E-state index contributed by atoms with van der Waals surface area (Å²) in [6.45, 7) is 0. The number of carbonyl (C=O) groups is 1. The Morgan fingerprint density at radius 2 is 1.26 bits per heavy atom. The number of furan rings is 1. The average Bonchev–Trinajstić information content (AvgIpc) is 3.60. The van der Waals surface area contributed by atoms with Gasteiger partial charge >= 0.3 is 5.97 Å². The van der Waals surface area contributed by atoms with E-state index in [9.17, 15) is 4.79 Å². The van der Waals surface area contributed by atoms with Crippen LogP contribution in [0.1, 0.15) is 10.4 Å². The molecule has 5 aromatic carbocycles. The van der Waals surface area contributed by atoms with E-state index in [0.717, 1.165) is 43.9 Å². The first kappa shape index (κ1) is 24.1. The Hall–Kier alpha value is -5.75. The monoisotopic (exact) mass is 545 g/mol. The van der Waals surface area contributed by atoms with Gasteiger partial charge in [0.05, 0.1) is 23.7 Å². The smallest absolute Gasteiger partial charge is 0.338 e. The summed E-state index contributed by atoms with van der Waals surface area (Å²) >= 11 is 0. The summed E-state index contributed by atoms with van der Waals surface area (Å²) in [4.78, 5) is 23.0. The fourth-order valence-corrected chi connectivity index (χ4v) is 5.90. The molecule has 0 aliphatic carbocycles. The highest BCUT2D eigenvalue weighted by Gasteiger charge is 2.23. The first-order valence-corrected chi connectivity index (χ1v) is 13.7. The van der Waals surface area contributed by atoms with Gasteiger partial charge in [-0.05, 0) is 29.8 Å². The van der Waals surface area contributed by atoms with Crippen molar-refractivity contribution in [3.05, 3.63) is 127 Å². The van der Waals surface area contributed by atoms with E-state index in [0.29, 0.717) is 33.9 Å². The Bertz CT molecular complexity index is 2260. The first-order chi connectivity index (χ1) is 20.7. The van der Waals surface area contributed by atoms with Crippen LogP contribution in [0.5, 0.6) is 0 Å². The maximum absolute atomic E-state index is 12.7. The largest absolute Gasteiger partial charge is 0.465 e. The van der Waals surface area contributed by atoms with Crippen molar-refractivity contribution in [1.82, 2.24) is 14.5 Å². The van der Waals surface area contributed by atoms with Crippen molar-refractivity contribution in [3.8, 4) is 28.3 Å². The van der Waals surface area contributed by atoms with Crippen LogP contribution in [0.2, 0.25) is 0 Å². The van der Waals surface area contributed by atoms with Crippen molar-refractivity contribution in [3.63, 3.8) is 0 Å². The summed E-state index contributed by atoms with van der Waals surface area (Å²) in [5.41, 5.74) is 7.56. The standard InChI is InChI=1S/C36H23N3O3/c1-41-35(40)27-17-6-5-14-23(27)26-18-11-19-28-32-34(42-33(26)28)31(22-12-3-2-4-13-22)37-36(38-32)39-29-20-9-7-15-24(29)25-16-8-10-21-30(25)39/h2-21H,1H3. The molecule has 0 bridgehead atoms. The summed E-state index contributed by atoms with van der Waals surface area (Å²) < 4.78 is 13.8. The normalized spacial score (nSPS) is 11.5. The van der Waals surface area contributed by atoms with Gasteiger partial charge in [0.15, 0.2) is 5.58 Å². The van der Waals surface area contributed by atoms with E-state index >= 15 is 0 Å². The molecule has 6 nitrogen and oxygen atoms in total. The number of para-hydroxylation sites is 3. The number of ether oxygens (including phenoxy) is 1. The minimum absolute atomic E-state index is 0.405. The zero-order valence-corrected chi connectivity index (χ0v) is 22.6. The Balaban J connectivity index is 1.49. The van der Waals surface area contributed by atoms with Crippen LogP contribution in [-0.4, -0.2) is 27.6 Å². The fraction of sp³-hybridized carbons (Fsp3) is 0.0278. The predicted molar refractivity (Wildman–Crippen MR) is 166 cm³/mol. The molecule has 6 heteroatoms. The number of hydrogen-bond acceptors (Lipinski definition) is 5. The lowest BCUT2D eigenvalue weighted by molar-refractivity contribution is 0.0601. The molecule has 0 N–H and O–H groups in total. The van der Waals surface area contributed by atoms with E-state index in [1.54, 1.807) is 6.07 Å². The topological polar surface area (TPSA) is 70.2 Å². The summed E-state index contributed by atoms with van der Waals surface area (Å²) in [7, 11) is 1.39. The fourth-order valence-electron chi connectivity index (χ4n) is 5.90. The Morgan fingerprint density at radius 3 is 2.00 bits per heavy atom. The number of rotatable bonds is 4. The van der Waals surface area contributed by atoms with Crippen molar-refractivity contribution in [2.45, 2.75) is 0 Å². The predicted octanol–water partition coefficient (Wildman–Crippen LogP) is 8.59. The number of methoxy groups -OCH3 is 1. The third kappa shape index (κ3) is 3.55. The van der Waals surface area contributed by atoms with Gasteiger partial charge in [-0.3, -0.25) is 4.57 Å². The van der Waals surface area contributed by atoms with E-state index in [-0.39, 0.29) is 0 Å². The molecule has 0 saturated heterocycles. The summed E-state index contributed by atoms with van der Waals surface area (Å²) in [5, 5.41) is 3.11. The second kappa shape index (κ2) is 9.42. The minimum atomic E-state index is -0.405. The van der Waals surface area contributed by atoms with Crippen LogP contribution in [0.25, 0.3) is 72.2 Å². The van der Waals surface area contributed by atoms with Crippen molar-refractivity contribution in [2.24, 2.45) is 0 Å². The lowest BCUT2D eigenvalue weighted by Gasteiger charge is -2.09. The average molecular weight is 546 g/mol. The van der Waals surface area contributed by atoms with E-state index in [1.165, 1.54) is 7.11 Å². The minimum Gasteiger partial charge on any atom is -0.465 e. The summed E-state index contributed by atoms with van der Waals surface area (Å²) in [6, 6.07) is 40.0. The van der Waals surface area contributed by atoms with E-state index < -0.39 is 5.97 Å². The van der Waals surface area contributed by atoms with E-state index in [4.69, 9.17) is 19.1 Å². The van der Waals surface area contributed by atoms with Crippen LogP contribution in [0.3, 0.4) is 0 Å². The highest BCUT2D eigenvalue weighted by atomic mass is 16.5. The number of esters is 1. The molecule has 3 heterocycles. The molecule has 0 spiro atoms. The van der Waals surface area contributed by atoms with Crippen LogP contribution in [-0.2, 0) is 4.74 Å². The lowest BCUT2D eigenvalue weighted by atomic mass is 9.98. The summed E-state index contributed by atoms with van der Waals surface area (Å²) in [6.07, 6.45) is 0. The highest BCUT2D eigenvalue weighted by molar-refractivity contribution is 6.13. The molecule has 0 radical (unpaired) electrons. The van der Waals surface area contributed by atoms with Gasteiger partial charge in [-0.25, -0.2) is 14.8 Å². The van der Waals surface area contributed by atoms with Gasteiger partial charge in [-0.1, -0.05) is 97.1 Å². The number of fused-ring (bicyclic) bond motifs is 6. The van der Waals surface area contributed by atoms with Crippen molar-refractivity contribution >= 4 is 49.8 Å². The number of aromatic nitrogens is 3. The molecule has 0 aliphatic rings. The second-order valence-electron chi connectivity index (χ2n) is 10.1. The second-order valence-corrected chi connectivity index (χ2v) is 10.1. The molecule has 0 saturated carbocycles. The maximum Gasteiger partial charge on any atom is 0.338 e. The Morgan fingerprint density at radius 1 is 0.643 bits per heavy atom. The molecule has 0 amide bonds. The van der Waals surface area contributed by atoms with Crippen LogP contribution >= 0.6 is 0 Å². The third-order valence-electron chi connectivity index (χ3n) is 7.78. The van der Waals surface area contributed by atoms with Crippen molar-refractivity contribution in [1.29, 1.82) is 0 Å². The lowest BCUT2D eigenvalue weighted by Crippen LogP contribution is -2.03. The molecular formula is C36H23N3O3. The van der Waals surface area contributed by atoms with Crippen molar-refractivity contribution < 1.29 is 13.9 Å². The van der Waals surface area contributed by atoms with Crippen LogP contribution in [0.4, 0.5) is 0 Å². The molecule has 42 heavy (non-hydrogen) atoms. The quantitative estimate of drug-likeness (QED) is 0.207.